The molecule has 110 valence electrons. The summed E-state index contributed by atoms with van der Waals surface area (Å²) in [6, 6.07) is 0. The van der Waals surface area contributed by atoms with Gasteiger partial charge in [-0.1, -0.05) is 13.3 Å². The molecule has 0 saturated heterocycles. The molecule has 0 bridgehead atoms. The minimum atomic E-state index is -7.07. The van der Waals surface area contributed by atoms with Gasteiger partial charge in [0.2, 0.25) is 0 Å². The summed E-state index contributed by atoms with van der Waals surface area (Å²) in [6.07, 6.45) is -5.27. The van der Waals surface area contributed by atoms with Gasteiger partial charge in [-0.15, -0.1) is 0 Å². The second-order valence-corrected chi connectivity index (χ2v) is 4.85. The third kappa shape index (κ3) is 3.56. The van der Waals surface area contributed by atoms with Crippen LogP contribution in [0.15, 0.2) is 0 Å². The van der Waals surface area contributed by atoms with Crippen molar-refractivity contribution in [2.45, 2.75) is 43.0 Å². The predicted octanol–water partition coefficient (Wildman–Crippen LogP) is -0.463. The molecule has 0 aliphatic rings. The molecule has 0 amide bonds. The van der Waals surface area contributed by atoms with E-state index in [2.05, 4.69) is 0 Å². The van der Waals surface area contributed by atoms with Gasteiger partial charge in [0.25, 0.3) is 0 Å². The van der Waals surface area contributed by atoms with Crippen LogP contribution in [0.5, 0.6) is 0 Å². The monoisotopic (exact) mass is 312 g/mol. The van der Waals surface area contributed by atoms with E-state index in [0.29, 0.717) is 0 Å². The Kier molecular flexibility index (Phi) is 6.95. The van der Waals surface area contributed by atoms with Gasteiger partial charge in [0, 0.05) is 0 Å². The molecule has 0 aromatic carbocycles. The van der Waals surface area contributed by atoms with Crippen LogP contribution in [0.4, 0.5) is 30.7 Å². The molecule has 0 aromatic heterocycles. The van der Waals surface area contributed by atoms with Crippen LogP contribution in [0.1, 0.15) is 19.8 Å². The quantitative estimate of drug-likeness (QED) is 0.379. The molecule has 0 heterocycles. The van der Waals surface area contributed by atoms with Crippen LogP contribution in [0.3, 0.4) is 0 Å². The second-order valence-electron chi connectivity index (χ2n) is 3.42. The van der Waals surface area contributed by atoms with Crippen molar-refractivity contribution in [2.24, 2.45) is 0 Å². The largest absolute Gasteiger partial charge is 1.00 e. The van der Waals surface area contributed by atoms with Crippen molar-refractivity contribution in [3.63, 3.8) is 0 Å². The summed E-state index contributed by atoms with van der Waals surface area (Å²) in [5, 5.41) is -6.61. The van der Waals surface area contributed by atoms with E-state index >= 15 is 0 Å². The summed E-state index contributed by atoms with van der Waals surface area (Å²) < 4.78 is 118. The van der Waals surface area contributed by atoms with Crippen molar-refractivity contribution in [2.75, 3.05) is 0 Å². The van der Waals surface area contributed by atoms with Crippen molar-refractivity contribution in [3.8, 4) is 0 Å². The van der Waals surface area contributed by atoms with Crippen LogP contribution < -0.4 is 18.9 Å². The van der Waals surface area contributed by atoms with Crippen LogP contribution in [0, 0.1) is 0 Å². The average Bonchev–Trinajstić information content (AvgIpc) is 2.15. The summed E-state index contributed by atoms with van der Waals surface area (Å²) >= 11 is 0. The molecule has 0 aliphatic carbocycles. The molecular weight excluding hydrogens is 304 g/mol. The first-order valence-corrected chi connectivity index (χ1v) is 5.87. The van der Waals surface area contributed by atoms with Gasteiger partial charge in [-0.25, -0.2) is 12.8 Å². The molecule has 1 unspecified atom stereocenters. The van der Waals surface area contributed by atoms with Crippen molar-refractivity contribution in [1.82, 2.24) is 0 Å². The molecule has 12 heteroatoms. The normalized spacial score (nSPS) is 15.8. The summed E-state index contributed by atoms with van der Waals surface area (Å²) in [7, 11) is -7.07. The summed E-state index contributed by atoms with van der Waals surface area (Å²) in [4.78, 5) is 0. The molecule has 19 heavy (non-hydrogen) atoms. The Hall–Kier alpha value is 0.0174. The molecular formula is C7H8F7LiO3S. The van der Waals surface area contributed by atoms with Crippen LogP contribution >= 0.6 is 0 Å². The molecule has 0 aliphatic heterocycles. The average molecular weight is 312 g/mol. The first kappa shape index (κ1) is 21.3. The molecule has 0 N–H and O–H groups in total. The standard InChI is InChI=1S/C7H9F7O3S.Li/c1-2-3-4(8)5(9,10)6(11,12)7(13,14)18(15,16)17;/h4H,2-3H2,1H3,(H,15,16,17);/q;+1/p-1. The Morgan fingerprint density at radius 1 is 1.11 bits per heavy atom. The summed E-state index contributed by atoms with van der Waals surface area (Å²) in [6.45, 7) is 1.11. The van der Waals surface area contributed by atoms with E-state index < -0.39 is 39.8 Å². The van der Waals surface area contributed by atoms with Gasteiger partial charge >= 0.3 is 36.0 Å². The SMILES string of the molecule is CCCC(F)C(F)(F)C(F)(F)C(F)(F)S(=O)(=O)[O-].[Li+]. The first-order chi connectivity index (χ1) is 7.73. The van der Waals surface area contributed by atoms with Crippen molar-refractivity contribution < 1.29 is 62.6 Å². The molecule has 0 saturated carbocycles. The smallest absolute Gasteiger partial charge is 0.743 e. The summed E-state index contributed by atoms with van der Waals surface area (Å²) in [5.74, 6) is -12.6. The van der Waals surface area contributed by atoms with Crippen molar-refractivity contribution in [3.05, 3.63) is 0 Å². The maximum Gasteiger partial charge on any atom is 1.00 e. The van der Waals surface area contributed by atoms with E-state index in [9.17, 15) is 43.7 Å². The Morgan fingerprint density at radius 2 is 1.47 bits per heavy atom. The van der Waals surface area contributed by atoms with Gasteiger partial charge in [0.15, 0.2) is 16.3 Å². The fourth-order valence-corrected chi connectivity index (χ4v) is 1.43. The van der Waals surface area contributed by atoms with Crippen LogP contribution in [-0.2, 0) is 10.1 Å². The number of halogens is 7. The fourth-order valence-electron chi connectivity index (χ4n) is 0.982. The van der Waals surface area contributed by atoms with Crippen LogP contribution in [-0.4, -0.2) is 36.2 Å². The molecule has 0 spiro atoms. The maximum atomic E-state index is 12.8. The van der Waals surface area contributed by atoms with E-state index in [1.54, 1.807) is 0 Å². The molecule has 0 rings (SSSR count). The molecule has 3 nitrogen and oxygen atoms in total. The third-order valence-corrected chi connectivity index (χ3v) is 2.92. The molecule has 0 fully saturated rings. The van der Waals surface area contributed by atoms with Gasteiger partial charge in [0.1, 0.15) is 0 Å². The van der Waals surface area contributed by atoms with E-state index in [1.165, 1.54) is 0 Å². The van der Waals surface area contributed by atoms with E-state index in [1.807, 2.05) is 0 Å². The van der Waals surface area contributed by atoms with Crippen molar-refractivity contribution in [1.29, 1.82) is 0 Å². The Bertz CT molecular complexity index is 397. The van der Waals surface area contributed by atoms with Crippen LogP contribution in [0.2, 0.25) is 0 Å². The van der Waals surface area contributed by atoms with Gasteiger partial charge in [-0.2, -0.15) is 26.3 Å². The molecule has 0 aromatic rings. The zero-order valence-electron chi connectivity index (χ0n) is 9.77. The van der Waals surface area contributed by atoms with Gasteiger partial charge in [-0.05, 0) is 6.42 Å². The second kappa shape index (κ2) is 6.20. The number of alkyl halides is 7. The van der Waals surface area contributed by atoms with Gasteiger partial charge < -0.3 is 4.55 Å². The van der Waals surface area contributed by atoms with Gasteiger partial charge in [0.05, 0.1) is 0 Å². The molecule has 1 atom stereocenters. The number of hydrogen-bond donors (Lipinski definition) is 0. The summed E-state index contributed by atoms with van der Waals surface area (Å²) in [5.41, 5.74) is 0. The van der Waals surface area contributed by atoms with E-state index in [-0.39, 0.29) is 25.3 Å². The van der Waals surface area contributed by atoms with Crippen molar-refractivity contribution >= 4 is 10.1 Å². The fraction of sp³-hybridized carbons (Fsp3) is 1.00. The van der Waals surface area contributed by atoms with Gasteiger partial charge in [-0.3, -0.25) is 0 Å². The predicted molar refractivity (Wildman–Crippen MR) is 44.3 cm³/mol. The Morgan fingerprint density at radius 3 is 1.74 bits per heavy atom. The minimum absolute atomic E-state index is 0. The molecule has 0 radical (unpaired) electrons. The van der Waals surface area contributed by atoms with E-state index in [0.717, 1.165) is 6.92 Å². The number of hydrogen-bond acceptors (Lipinski definition) is 3. The number of rotatable bonds is 6. The van der Waals surface area contributed by atoms with E-state index in [4.69, 9.17) is 0 Å². The minimum Gasteiger partial charge on any atom is -0.743 e. The van der Waals surface area contributed by atoms with Crippen LogP contribution in [0.25, 0.3) is 0 Å². The zero-order chi connectivity index (χ0) is 15.0. The zero-order valence-corrected chi connectivity index (χ0v) is 10.6. The Balaban J connectivity index is 0. The third-order valence-electron chi connectivity index (χ3n) is 2.03. The first-order valence-electron chi connectivity index (χ1n) is 4.46. The maximum absolute atomic E-state index is 12.8. The Labute approximate surface area is 116 Å². The topological polar surface area (TPSA) is 57.2 Å².